The van der Waals surface area contributed by atoms with Crippen LogP contribution >= 0.6 is 0 Å². The van der Waals surface area contributed by atoms with Crippen molar-refractivity contribution in [3.05, 3.63) is 65.5 Å². The summed E-state index contributed by atoms with van der Waals surface area (Å²) in [7, 11) is 1.67. The molecule has 0 bridgehead atoms. The van der Waals surface area contributed by atoms with E-state index in [9.17, 15) is 4.39 Å². The molecule has 0 spiro atoms. The number of nitrogens with two attached hydrogens (primary N) is 1. The first-order valence-electron chi connectivity index (χ1n) is 6.88. The quantitative estimate of drug-likeness (QED) is 0.860. The zero-order valence-electron chi connectivity index (χ0n) is 12.0. The van der Waals surface area contributed by atoms with Gasteiger partial charge in [0.2, 0.25) is 0 Å². The summed E-state index contributed by atoms with van der Waals surface area (Å²) in [6.45, 7) is 2.98. The highest BCUT2D eigenvalue weighted by atomic mass is 19.1. The highest BCUT2D eigenvalue weighted by Gasteiger charge is 2.07. The Bertz CT molecular complexity index is 539. The second kappa shape index (κ2) is 7.06. The van der Waals surface area contributed by atoms with Gasteiger partial charge in [0.15, 0.2) is 0 Å². The molecule has 0 unspecified atom stereocenters. The van der Waals surface area contributed by atoms with E-state index in [1.165, 1.54) is 11.6 Å². The molecule has 0 saturated heterocycles. The van der Waals surface area contributed by atoms with Crippen molar-refractivity contribution in [2.45, 2.75) is 25.9 Å². The lowest BCUT2D eigenvalue weighted by Gasteiger charge is -2.11. The van der Waals surface area contributed by atoms with Crippen molar-refractivity contribution < 1.29 is 14.4 Å². The predicted molar refractivity (Wildman–Crippen MR) is 78.2 cm³/mol. The molecule has 0 fully saturated rings. The SMILES string of the molecule is COc1ccc(C[C@@H](C)[NH2+]Cc2cccc(F)c2)cc1. The number of halogens is 1. The minimum atomic E-state index is -0.168. The largest absolute Gasteiger partial charge is 0.497 e. The van der Waals surface area contributed by atoms with Crippen LogP contribution in [0.15, 0.2) is 48.5 Å². The molecular weight excluding hydrogens is 253 g/mol. The fraction of sp³-hybridized carbons (Fsp3) is 0.294. The summed E-state index contributed by atoms with van der Waals surface area (Å²) in [6.07, 6.45) is 0.985. The zero-order valence-corrected chi connectivity index (χ0v) is 12.0. The topological polar surface area (TPSA) is 25.8 Å². The van der Waals surface area contributed by atoms with Crippen molar-refractivity contribution in [1.82, 2.24) is 0 Å². The molecule has 1 atom stereocenters. The normalized spacial score (nSPS) is 12.2. The van der Waals surface area contributed by atoms with Gasteiger partial charge in [-0.05, 0) is 36.8 Å². The molecule has 0 aliphatic carbocycles. The van der Waals surface area contributed by atoms with E-state index < -0.39 is 0 Å². The van der Waals surface area contributed by atoms with Gasteiger partial charge in [-0.2, -0.15) is 0 Å². The third-order valence-corrected chi connectivity index (χ3v) is 3.36. The molecule has 2 rings (SSSR count). The monoisotopic (exact) mass is 274 g/mol. The fourth-order valence-corrected chi connectivity index (χ4v) is 2.22. The van der Waals surface area contributed by atoms with Crippen LogP contribution in [-0.4, -0.2) is 13.2 Å². The maximum absolute atomic E-state index is 13.1. The van der Waals surface area contributed by atoms with Gasteiger partial charge in [-0.15, -0.1) is 0 Å². The van der Waals surface area contributed by atoms with Crippen LogP contribution in [0.2, 0.25) is 0 Å². The van der Waals surface area contributed by atoms with Crippen molar-refractivity contribution in [2.75, 3.05) is 7.11 Å². The predicted octanol–water partition coefficient (Wildman–Crippen LogP) is 2.53. The minimum absolute atomic E-state index is 0.168. The highest BCUT2D eigenvalue weighted by molar-refractivity contribution is 5.27. The number of hydrogen-bond acceptors (Lipinski definition) is 1. The van der Waals surface area contributed by atoms with E-state index in [1.807, 2.05) is 18.2 Å². The minimum Gasteiger partial charge on any atom is -0.497 e. The molecule has 0 aromatic heterocycles. The first-order valence-corrected chi connectivity index (χ1v) is 6.88. The smallest absolute Gasteiger partial charge is 0.123 e. The molecular formula is C17H21FNO+. The lowest BCUT2D eigenvalue weighted by Crippen LogP contribution is -2.88. The van der Waals surface area contributed by atoms with Crippen molar-refractivity contribution in [3.63, 3.8) is 0 Å². The van der Waals surface area contributed by atoms with Crippen molar-refractivity contribution in [2.24, 2.45) is 0 Å². The standard InChI is InChI=1S/C17H20FNO/c1-13(10-14-6-8-17(20-2)9-7-14)19-12-15-4-3-5-16(18)11-15/h3-9,11,13,19H,10,12H2,1-2H3/p+1/t13-/m1/s1. The Balaban J connectivity index is 1.84. The average Bonchev–Trinajstić information content (AvgIpc) is 2.46. The highest BCUT2D eigenvalue weighted by Crippen LogP contribution is 2.12. The lowest BCUT2D eigenvalue weighted by atomic mass is 10.1. The Morgan fingerprint density at radius 3 is 2.50 bits per heavy atom. The molecule has 0 saturated carbocycles. The maximum Gasteiger partial charge on any atom is 0.123 e. The third-order valence-electron chi connectivity index (χ3n) is 3.36. The van der Waals surface area contributed by atoms with Crippen LogP contribution < -0.4 is 10.1 Å². The first-order chi connectivity index (χ1) is 9.67. The first kappa shape index (κ1) is 14.5. The molecule has 0 aliphatic heterocycles. The van der Waals surface area contributed by atoms with E-state index in [2.05, 4.69) is 24.4 Å². The van der Waals surface area contributed by atoms with Crippen LogP contribution in [0.3, 0.4) is 0 Å². The summed E-state index contributed by atoms with van der Waals surface area (Å²) in [5, 5.41) is 2.24. The second-order valence-corrected chi connectivity index (χ2v) is 5.10. The second-order valence-electron chi connectivity index (χ2n) is 5.10. The Labute approximate surface area is 119 Å². The zero-order chi connectivity index (χ0) is 14.4. The summed E-state index contributed by atoms with van der Waals surface area (Å²) in [6, 6.07) is 15.4. The molecule has 0 heterocycles. The molecule has 0 aliphatic rings. The van der Waals surface area contributed by atoms with E-state index in [1.54, 1.807) is 19.2 Å². The molecule has 20 heavy (non-hydrogen) atoms. The number of hydrogen-bond donors (Lipinski definition) is 1. The molecule has 2 aromatic carbocycles. The molecule has 0 radical (unpaired) electrons. The molecule has 3 heteroatoms. The van der Waals surface area contributed by atoms with Crippen molar-refractivity contribution in [1.29, 1.82) is 0 Å². The van der Waals surface area contributed by atoms with Crippen LogP contribution in [-0.2, 0) is 13.0 Å². The molecule has 106 valence electrons. The van der Waals surface area contributed by atoms with Crippen LogP contribution in [0.1, 0.15) is 18.1 Å². The van der Waals surface area contributed by atoms with E-state index in [0.717, 1.165) is 24.3 Å². The number of ether oxygens (including phenoxy) is 1. The Hall–Kier alpha value is -1.87. The molecule has 2 N–H and O–H groups in total. The van der Waals surface area contributed by atoms with Crippen molar-refractivity contribution in [3.8, 4) is 5.75 Å². The Morgan fingerprint density at radius 1 is 1.10 bits per heavy atom. The number of methoxy groups -OCH3 is 1. The van der Waals surface area contributed by atoms with Gasteiger partial charge in [-0.3, -0.25) is 0 Å². The molecule has 0 amide bonds. The van der Waals surface area contributed by atoms with Gasteiger partial charge in [0.1, 0.15) is 18.1 Å². The molecule has 2 nitrogen and oxygen atoms in total. The van der Waals surface area contributed by atoms with Gasteiger partial charge in [-0.1, -0.05) is 24.3 Å². The van der Waals surface area contributed by atoms with Gasteiger partial charge >= 0.3 is 0 Å². The van der Waals surface area contributed by atoms with E-state index in [-0.39, 0.29) is 5.82 Å². The van der Waals surface area contributed by atoms with E-state index in [0.29, 0.717) is 6.04 Å². The van der Waals surface area contributed by atoms with Crippen LogP contribution in [0, 0.1) is 5.82 Å². The average molecular weight is 274 g/mol. The maximum atomic E-state index is 13.1. The van der Waals surface area contributed by atoms with Gasteiger partial charge in [0, 0.05) is 12.0 Å². The summed E-state index contributed by atoms with van der Waals surface area (Å²) in [5.41, 5.74) is 2.31. The van der Waals surface area contributed by atoms with Crippen molar-refractivity contribution >= 4 is 0 Å². The number of quaternary nitrogens is 1. The Morgan fingerprint density at radius 2 is 1.85 bits per heavy atom. The summed E-state index contributed by atoms with van der Waals surface area (Å²) < 4.78 is 18.2. The van der Waals surface area contributed by atoms with Gasteiger partial charge < -0.3 is 10.1 Å². The van der Waals surface area contributed by atoms with E-state index >= 15 is 0 Å². The van der Waals surface area contributed by atoms with Crippen LogP contribution in [0.25, 0.3) is 0 Å². The van der Waals surface area contributed by atoms with E-state index in [4.69, 9.17) is 4.74 Å². The summed E-state index contributed by atoms with van der Waals surface area (Å²) in [5.74, 6) is 0.712. The fourth-order valence-electron chi connectivity index (χ4n) is 2.22. The van der Waals surface area contributed by atoms with Gasteiger partial charge in [0.05, 0.1) is 13.2 Å². The van der Waals surface area contributed by atoms with Crippen LogP contribution in [0.4, 0.5) is 4.39 Å². The lowest BCUT2D eigenvalue weighted by molar-refractivity contribution is -0.701. The third kappa shape index (κ3) is 4.35. The van der Waals surface area contributed by atoms with Crippen LogP contribution in [0.5, 0.6) is 5.75 Å². The van der Waals surface area contributed by atoms with Gasteiger partial charge in [-0.25, -0.2) is 4.39 Å². The number of rotatable bonds is 6. The Kier molecular flexibility index (Phi) is 5.13. The summed E-state index contributed by atoms with van der Waals surface area (Å²) >= 11 is 0. The number of benzene rings is 2. The summed E-state index contributed by atoms with van der Waals surface area (Å²) in [4.78, 5) is 0. The van der Waals surface area contributed by atoms with Gasteiger partial charge in [0.25, 0.3) is 0 Å². The molecule has 2 aromatic rings.